The van der Waals surface area contributed by atoms with E-state index >= 15 is 0 Å². The standard InChI is InChI=1S/C18H17N3O5/c1-9(16(22)19-12-3-2-4-13(8-12)21(25)26)20-17(23)14-10-5-6-11(7-10)15(14)18(20)24/h2-6,8-11,14-15H,7H2,1H3,(H,19,22). The first-order chi connectivity index (χ1) is 12.4. The molecule has 0 spiro atoms. The number of allylic oxidation sites excluding steroid dienone is 2. The van der Waals surface area contributed by atoms with Crippen LogP contribution < -0.4 is 5.32 Å². The summed E-state index contributed by atoms with van der Waals surface area (Å²) < 4.78 is 0. The Balaban J connectivity index is 1.51. The van der Waals surface area contributed by atoms with Gasteiger partial charge < -0.3 is 5.32 Å². The Kier molecular flexibility index (Phi) is 3.64. The molecule has 26 heavy (non-hydrogen) atoms. The summed E-state index contributed by atoms with van der Waals surface area (Å²) in [5.41, 5.74) is 0.0954. The van der Waals surface area contributed by atoms with E-state index in [-0.39, 0.29) is 46.9 Å². The molecular weight excluding hydrogens is 338 g/mol. The summed E-state index contributed by atoms with van der Waals surface area (Å²) in [6, 6.07) is 4.55. The van der Waals surface area contributed by atoms with Crippen molar-refractivity contribution in [3.05, 3.63) is 46.5 Å². The molecule has 2 fully saturated rings. The number of anilines is 1. The van der Waals surface area contributed by atoms with E-state index in [2.05, 4.69) is 5.32 Å². The number of imide groups is 1. The number of likely N-dealkylation sites (tertiary alicyclic amines) is 1. The molecule has 1 N–H and O–H groups in total. The van der Waals surface area contributed by atoms with Gasteiger partial charge in [0.15, 0.2) is 0 Å². The normalized spacial score (nSPS) is 29.8. The number of rotatable bonds is 4. The number of hydrogen-bond acceptors (Lipinski definition) is 5. The molecule has 4 rings (SSSR count). The van der Waals surface area contributed by atoms with Crippen LogP contribution in [-0.4, -0.2) is 33.6 Å². The Morgan fingerprint density at radius 1 is 1.23 bits per heavy atom. The Morgan fingerprint density at radius 2 is 1.85 bits per heavy atom. The summed E-state index contributed by atoms with van der Waals surface area (Å²) in [7, 11) is 0. The first-order valence-electron chi connectivity index (χ1n) is 8.49. The van der Waals surface area contributed by atoms with Gasteiger partial charge in [-0.05, 0) is 31.2 Å². The molecule has 5 atom stereocenters. The highest BCUT2D eigenvalue weighted by Gasteiger charge is 2.60. The summed E-state index contributed by atoms with van der Waals surface area (Å²) in [6.45, 7) is 1.50. The molecule has 1 aromatic carbocycles. The average molecular weight is 355 g/mol. The van der Waals surface area contributed by atoms with Crippen LogP contribution in [0.1, 0.15) is 13.3 Å². The van der Waals surface area contributed by atoms with Gasteiger partial charge in [0.2, 0.25) is 17.7 Å². The maximum atomic E-state index is 12.7. The van der Waals surface area contributed by atoms with Crippen LogP contribution in [0.15, 0.2) is 36.4 Å². The fourth-order valence-corrected chi connectivity index (χ4v) is 4.37. The molecule has 0 aromatic heterocycles. The van der Waals surface area contributed by atoms with Gasteiger partial charge in [0, 0.05) is 17.8 Å². The van der Waals surface area contributed by atoms with Gasteiger partial charge in [0.25, 0.3) is 5.69 Å². The smallest absolute Gasteiger partial charge is 0.271 e. The average Bonchev–Trinajstić information content (AvgIpc) is 3.28. The molecule has 134 valence electrons. The molecule has 8 heteroatoms. The maximum absolute atomic E-state index is 12.7. The minimum atomic E-state index is -0.973. The van der Waals surface area contributed by atoms with Crippen LogP contribution in [-0.2, 0) is 14.4 Å². The SMILES string of the molecule is CC(C(=O)Nc1cccc([N+](=O)[O-])c1)N1C(=O)C2C3C=CC(C3)C2C1=O. The van der Waals surface area contributed by atoms with Crippen LogP contribution in [0.5, 0.6) is 0 Å². The lowest BCUT2D eigenvalue weighted by Gasteiger charge is -2.23. The lowest BCUT2D eigenvalue weighted by molar-refractivity contribution is -0.384. The van der Waals surface area contributed by atoms with Gasteiger partial charge >= 0.3 is 0 Å². The second-order valence-electron chi connectivity index (χ2n) is 7.02. The lowest BCUT2D eigenvalue weighted by Crippen LogP contribution is -2.46. The van der Waals surface area contributed by atoms with Crippen molar-refractivity contribution in [1.82, 2.24) is 4.90 Å². The summed E-state index contributed by atoms with van der Waals surface area (Å²) in [5, 5.41) is 13.4. The molecule has 3 amide bonds. The Bertz CT molecular complexity index is 834. The van der Waals surface area contributed by atoms with Gasteiger partial charge in [0.05, 0.1) is 16.8 Å². The van der Waals surface area contributed by atoms with Crippen molar-refractivity contribution in [3.63, 3.8) is 0 Å². The zero-order chi connectivity index (χ0) is 18.6. The van der Waals surface area contributed by atoms with Crippen molar-refractivity contribution in [2.45, 2.75) is 19.4 Å². The van der Waals surface area contributed by atoms with E-state index in [0.717, 1.165) is 11.3 Å². The number of nitrogens with one attached hydrogen (secondary N) is 1. The third-order valence-electron chi connectivity index (χ3n) is 5.60. The van der Waals surface area contributed by atoms with Crippen LogP contribution in [0.2, 0.25) is 0 Å². The predicted molar refractivity (Wildman–Crippen MR) is 90.8 cm³/mol. The van der Waals surface area contributed by atoms with Crippen LogP contribution in [0.4, 0.5) is 11.4 Å². The summed E-state index contributed by atoms with van der Waals surface area (Å²) >= 11 is 0. The summed E-state index contributed by atoms with van der Waals surface area (Å²) in [5.74, 6) is -1.68. The van der Waals surface area contributed by atoms with E-state index in [1.54, 1.807) is 0 Å². The highest BCUT2D eigenvalue weighted by atomic mass is 16.6. The van der Waals surface area contributed by atoms with Gasteiger partial charge in [-0.25, -0.2) is 0 Å². The molecule has 2 bridgehead atoms. The molecule has 0 radical (unpaired) electrons. The van der Waals surface area contributed by atoms with Crippen LogP contribution in [0.25, 0.3) is 0 Å². The van der Waals surface area contributed by atoms with Gasteiger partial charge in [-0.1, -0.05) is 18.2 Å². The molecule has 3 aliphatic rings. The lowest BCUT2D eigenvalue weighted by atomic mass is 9.85. The third kappa shape index (κ3) is 2.33. The van der Waals surface area contributed by atoms with E-state index < -0.39 is 16.9 Å². The van der Waals surface area contributed by atoms with Crippen LogP contribution >= 0.6 is 0 Å². The predicted octanol–water partition coefficient (Wildman–Crippen LogP) is 1.73. The van der Waals surface area contributed by atoms with Gasteiger partial charge in [-0.15, -0.1) is 0 Å². The molecular formula is C18H17N3O5. The minimum Gasteiger partial charge on any atom is -0.324 e. The molecule has 1 aliphatic heterocycles. The molecule has 8 nitrogen and oxygen atoms in total. The second-order valence-corrected chi connectivity index (χ2v) is 7.02. The second kappa shape index (κ2) is 5.76. The van der Waals surface area contributed by atoms with E-state index in [9.17, 15) is 24.5 Å². The first kappa shape index (κ1) is 16.4. The van der Waals surface area contributed by atoms with Gasteiger partial charge in [-0.3, -0.25) is 29.4 Å². The number of nitro groups is 1. The molecule has 1 heterocycles. The number of carbonyl (C=O) groups is 3. The van der Waals surface area contributed by atoms with Gasteiger partial charge in [-0.2, -0.15) is 0 Å². The zero-order valence-electron chi connectivity index (χ0n) is 14.0. The summed E-state index contributed by atoms with van der Waals surface area (Å²) in [4.78, 5) is 49.3. The molecule has 1 saturated carbocycles. The third-order valence-corrected chi connectivity index (χ3v) is 5.60. The number of benzene rings is 1. The number of nitro benzene ring substituents is 1. The maximum Gasteiger partial charge on any atom is 0.271 e. The zero-order valence-corrected chi connectivity index (χ0v) is 14.0. The van der Waals surface area contributed by atoms with Gasteiger partial charge in [0.1, 0.15) is 6.04 Å². The monoisotopic (exact) mass is 355 g/mol. The molecule has 1 saturated heterocycles. The number of hydrogen-bond donors (Lipinski definition) is 1. The number of carbonyl (C=O) groups excluding carboxylic acids is 3. The van der Waals surface area contributed by atoms with Crippen LogP contribution in [0.3, 0.4) is 0 Å². The largest absolute Gasteiger partial charge is 0.324 e. The fourth-order valence-electron chi connectivity index (χ4n) is 4.37. The van der Waals surface area contributed by atoms with Crippen molar-refractivity contribution >= 4 is 29.1 Å². The quantitative estimate of drug-likeness (QED) is 0.383. The molecule has 1 aromatic rings. The van der Waals surface area contributed by atoms with E-state index in [0.29, 0.717) is 0 Å². The van der Waals surface area contributed by atoms with Crippen LogP contribution in [0, 0.1) is 33.8 Å². The van der Waals surface area contributed by atoms with Crippen molar-refractivity contribution in [2.75, 3.05) is 5.32 Å². The Hall–Kier alpha value is -3.03. The van der Waals surface area contributed by atoms with E-state index in [1.165, 1.54) is 31.2 Å². The molecule has 2 aliphatic carbocycles. The first-order valence-corrected chi connectivity index (χ1v) is 8.49. The number of non-ortho nitro benzene ring substituents is 1. The Labute approximate surface area is 149 Å². The van der Waals surface area contributed by atoms with Crippen molar-refractivity contribution < 1.29 is 19.3 Å². The highest BCUT2D eigenvalue weighted by molar-refractivity contribution is 6.10. The topological polar surface area (TPSA) is 110 Å². The number of fused-ring (bicyclic) bond motifs is 5. The van der Waals surface area contributed by atoms with Crippen molar-refractivity contribution in [2.24, 2.45) is 23.7 Å². The fraction of sp³-hybridized carbons (Fsp3) is 0.389. The number of amides is 3. The Morgan fingerprint density at radius 3 is 2.42 bits per heavy atom. The van der Waals surface area contributed by atoms with E-state index in [1.807, 2.05) is 12.2 Å². The summed E-state index contributed by atoms with van der Waals surface area (Å²) in [6.07, 6.45) is 4.82. The highest BCUT2D eigenvalue weighted by Crippen LogP contribution is 2.52. The van der Waals surface area contributed by atoms with Crippen molar-refractivity contribution in [1.29, 1.82) is 0 Å². The van der Waals surface area contributed by atoms with Crippen molar-refractivity contribution in [3.8, 4) is 0 Å². The molecule has 5 unspecified atom stereocenters. The minimum absolute atomic E-state index is 0.0819. The number of nitrogens with zero attached hydrogens (tertiary/aromatic N) is 2. The van der Waals surface area contributed by atoms with E-state index in [4.69, 9.17) is 0 Å².